The van der Waals surface area contributed by atoms with Crippen molar-refractivity contribution >= 4 is 33.8 Å². The molecule has 0 aliphatic heterocycles. The molecule has 0 fully saturated rings. The van der Waals surface area contributed by atoms with Crippen LogP contribution in [0.3, 0.4) is 0 Å². The van der Waals surface area contributed by atoms with E-state index in [1.165, 1.54) is 0 Å². The number of rotatable bonds is 9. The minimum atomic E-state index is -1.31. The van der Waals surface area contributed by atoms with Gasteiger partial charge < -0.3 is 19.5 Å². The van der Waals surface area contributed by atoms with Crippen LogP contribution in [-0.2, 0) is 28.6 Å². The Bertz CT molecular complexity index is 534. The molecule has 0 saturated carbocycles. The summed E-state index contributed by atoms with van der Waals surface area (Å²) in [4.78, 5) is 36.8. The Balaban J connectivity index is 5.21. The fourth-order valence-electron chi connectivity index (χ4n) is 2.28. The molecule has 0 radical (unpaired) electrons. The smallest absolute Gasteiger partial charge is 0.418 e. The normalized spacial score (nSPS) is 13.6. The fraction of sp³-hybridized carbons (Fsp3) is 0.850. The number of nitrogens with one attached hydrogen (secondary N) is 1. The van der Waals surface area contributed by atoms with Gasteiger partial charge in [0.15, 0.2) is 0 Å². The first-order valence-corrected chi connectivity index (χ1v) is 10.7. The Hall–Kier alpha value is -1.15. The largest absolute Gasteiger partial charge is 0.459 e. The number of halogens is 1. The zero-order chi connectivity index (χ0) is 22.2. The Labute approximate surface area is 177 Å². The summed E-state index contributed by atoms with van der Waals surface area (Å²) in [6, 6.07) is -0.929. The summed E-state index contributed by atoms with van der Waals surface area (Å²) < 4.78 is 15.8. The molecule has 28 heavy (non-hydrogen) atoms. The van der Waals surface area contributed by atoms with Crippen LogP contribution >= 0.6 is 15.9 Å². The van der Waals surface area contributed by atoms with Gasteiger partial charge in [-0.05, 0) is 74.8 Å². The summed E-state index contributed by atoms with van der Waals surface area (Å²) in [7, 11) is 0. The van der Waals surface area contributed by atoms with Crippen molar-refractivity contribution in [1.82, 2.24) is 5.32 Å². The first kappa shape index (κ1) is 26.9. The van der Waals surface area contributed by atoms with E-state index in [1.807, 2.05) is 0 Å². The highest BCUT2D eigenvalue weighted by Crippen LogP contribution is 2.21. The quantitative estimate of drug-likeness (QED) is 0.183. The molecule has 0 rings (SSSR count). The van der Waals surface area contributed by atoms with E-state index in [1.54, 1.807) is 55.4 Å². The Morgan fingerprint density at radius 1 is 0.786 bits per heavy atom. The molecule has 164 valence electrons. The molecule has 0 aromatic rings. The second-order valence-electron chi connectivity index (χ2n) is 9.17. The molecule has 0 spiro atoms. The molecule has 8 heteroatoms. The van der Waals surface area contributed by atoms with E-state index in [-0.39, 0.29) is 0 Å². The van der Waals surface area contributed by atoms with Gasteiger partial charge >= 0.3 is 17.9 Å². The van der Waals surface area contributed by atoms with Gasteiger partial charge in [-0.25, -0.2) is 9.59 Å². The minimum absolute atomic E-state index is 0.546. The van der Waals surface area contributed by atoms with Gasteiger partial charge in [-0.1, -0.05) is 22.4 Å². The monoisotopic (exact) mass is 465 g/mol. The average molecular weight is 466 g/mol. The number of alkyl halides is 1. The van der Waals surface area contributed by atoms with E-state index in [4.69, 9.17) is 14.2 Å². The Morgan fingerprint density at radius 3 is 1.75 bits per heavy atom. The van der Waals surface area contributed by atoms with Gasteiger partial charge in [0.05, 0.1) is 0 Å². The standard InChI is InChI=1S/C20H36BrNO6/c1-18(2,3)26-15(23)14(22-13-11-9-10-12-21)20(7,8)28-17(25)16(24)27-19(4,5)6/h14,22H,9-13H2,1-8H3. The lowest BCUT2D eigenvalue weighted by Crippen LogP contribution is -2.56. The molecular weight excluding hydrogens is 430 g/mol. The highest BCUT2D eigenvalue weighted by Gasteiger charge is 2.42. The minimum Gasteiger partial charge on any atom is -0.459 e. The molecular formula is C20H36BrNO6. The van der Waals surface area contributed by atoms with E-state index >= 15 is 0 Å². The van der Waals surface area contributed by atoms with E-state index in [0.29, 0.717) is 6.54 Å². The summed E-state index contributed by atoms with van der Waals surface area (Å²) in [5.41, 5.74) is -2.83. The summed E-state index contributed by atoms with van der Waals surface area (Å²) in [5.74, 6) is -2.79. The predicted molar refractivity (Wildman–Crippen MR) is 111 cm³/mol. The van der Waals surface area contributed by atoms with Gasteiger partial charge in [0.25, 0.3) is 0 Å². The molecule has 0 aromatic carbocycles. The van der Waals surface area contributed by atoms with Crippen molar-refractivity contribution in [1.29, 1.82) is 0 Å². The van der Waals surface area contributed by atoms with Crippen molar-refractivity contribution in [3.8, 4) is 0 Å². The Morgan fingerprint density at radius 2 is 1.29 bits per heavy atom. The number of carbonyl (C=O) groups is 3. The lowest BCUT2D eigenvalue weighted by atomic mass is 9.97. The summed E-state index contributed by atoms with van der Waals surface area (Å²) >= 11 is 3.38. The van der Waals surface area contributed by atoms with Crippen LogP contribution in [0.2, 0.25) is 0 Å². The van der Waals surface area contributed by atoms with Gasteiger partial charge in [0.1, 0.15) is 22.8 Å². The third-order valence-electron chi connectivity index (χ3n) is 3.42. The highest BCUT2D eigenvalue weighted by atomic mass is 79.9. The zero-order valence-electron chi connectivity index (χ0n) is 18.4. The maximum absolute atomic E-state index is 12.7. The van der Waals surface area contributed by atoms with E-state index < -0.39 is 40.8 Å². The lowest BCUT2D eigenvalue weighted by molar-refractivity contribution is -0.187. The third-order valence-corrected chi connectivity index (χ3v) is 3.98. The first-order valence-electron chi connectivity index (χ1n) is 9.57. The van der Waals surface area contributed by atoms with Crippen molar-refractivity contribution in [2.45, 2.75) is 97.5 Å². The molecule has 0 heterocycles. The van der Waals surface area contributed by atoms with Crippen molar-refractivity contribution in [3.63, 3.8) is 0 Å². The fourth-order valence-corrected chi connectivity index (χ4v) is 2.67. The molecule has 0 bridgehead atoms. The maximum Gasteiger partial charge on any atom is 0.418 e. The van der Waals surface area contributed by atoms with Gasteiger partial charge in [-0.3, -0.25) is 4.79 Å². The summed E-state index contributed by atoms with van der Waals surface area (Å²) in [5, 5.41) is 4.03. The highest BCUT2D eigenvalue weighted by molar-refractivity contribution is 9.09. The second kappa shape index (κ2) is 11.1. The lowest BCUT2D eigenvalue weighted by Gasteiger charge is -2.34. The molecule has 0 aromatic heterocycles. The number of hydrogen-bond donors (Lipinski definition) is 1. The molecule has 0 aliphatic rings. The number of hydrogen-bond acceptors (Lipinski definition) is 7. The molecule has 1 atom stereocenters. The van der Waals surface area contributed by atoms with Crippen LogP contribution in [0.25, 0.3) is 0 Å². The van der Waals surface area contributed by atoms with Crippen LogP contribution in [0.15, 0.2) is 0 Å². The van der Waals surface area contributed by atoms with Crippen molar-refractivity contribution in [3.05, 3.63) is 0 Å². The van der Waals surface area contributed by atoms with Gasteiger partial charge in [-0.15, -0.1) is 0 Å². The SMILES string of the molecule is CC(C)(C)OC(=O)C(=O)OC(C)(C)C(NCCCCCBr)C(=O)OC(C)(C)C. The molecule has 1 unspecified atom stereocenters. The number of esters is 3. The molecule has 0 amide bonds. The van der Waals surface area contributed by atoms with Crippen molar-refractivity contribution in [2.75, 3.05) is 11.9 Å². The van der Waals surface area contributed by atoms with E-state index in [0.717, 1.165) is 24.6 Å². The molecule has 7 nitrogen and oxygen atoms in total. The molecule has 0 saturated heterocycles. The zero-order valence-corrected chi connectivity index (χ0v) is 20.0. The predicted octanol–water partition coefficient (Wildman–Crippen LogP) is 3.52. The van der Waals surface area contributed by atoms with Crippen molar-refractivity contribution < 1.29 is 28.6 Å². The first-order chi connectivity index (χ1) is 12.6. The number of carbonyl (C=O) groups excluding carboxylic acids is 3. The van der Waals surface area contributed by atoms with E-state index in [9.17, 15) is 14.4 Å². The van der Waals surface area contributed by atoms with Crippen LogP contribution in [0, 0.1) is 0 Å². The molecule has 0 aliphatic carbocycles. The van der Waals surface area contributed by atoms with Crippen LogP contribution in [-0.4, -0.2) is 52.6 Å². The summed E-state index contributed by atoms with van der Waals surface area (Å²) in [6.07, 6.45) is 2.86. The van der Waals surface area contributed by atoms with Crippen LogP contribution < -0.4 is 5.32 Å². The topological polar surface area (TPSA) is 90.9 Å². The number of unbranched alkanes of at least 4 members (excludes halogenated alkanes) is 2. The van der Waals surface area contributed by atoms with Gasteiger partial charge in [-0.2, -0.15) is 0 Å². The summed E-state index contributed by atoms with van der Waals surface area (Å²) in [6.45, 7) is 13.9. The van der Waals surface area contributed by atoms with E-state index in [2.05, 4.69) is 21.2 Å². The van der Waals surface area contributed by atoms with Crippen LogP contribution in [0.4, 0.5) is 0 Å². The van der Waals surface area contributed by atoms with Gasteiger partial charge in [0, 0.05) is 5.33 Å². The van der Waals surface area contributed by atoms with Crippen LogP contribution in [0.5, 0.6) is 0 Å². The number of ether oxygens (including phenoxy) is 3. The maximum atomic E-state index is 12.7. The Kier molecular flexibility index (Phi) is 10.7. The molecule has 1 N–H and O–H groups in total. The average Bonchev–Trinajstić information content (AvgIpc) is 2.46. The second-order valence-corrected chi connectivity index (χ2v) is 9.96. The van der Waals surface area contributed by atoms with Crippen LogP contribution in [0.1, 0.15) is 74.7 Å². The third kappa shape index (κ3) is 11.6. The van der Waals surface area contributed by atoms with Crippen molar-refractivity contribution in [2.24, 2.45) is 0 Å². The van der Waals surface area contributed by atoms with Gasteiger partial charge in [0.2, 0.25) is 0 Å².